The van der Waals surface area contributed by atoms with Crippen molar-refractivity contribution < 1.29 is 37.8 Å². The lowest BCUT2D eigenvalue weighted by Gasteiger charge is -2.36. The number of aromatic hydroxyl groups is 1. The Morgan fingerprint density at radius 1 is 0.637 bits per heavy atom. The molecular weight excluding hydrogens is 1120 g/mol. The molecule has 0 radical (unpaired) electrons. The number of carbonyl (C=O) groups is 2. The van der Waals surface area contributed by atoms with Crippen molar-refractivity contribution in [1.29, 1.82) is 0 Å². The molecular formula is C60H94Cl4FN7O7Si. The molecule has 3 fully saturated rings. The molecule has 4 aromatic rings. The molecule has 0 spiro atoms. The number of unbranched alkanes of at least 4 members (excludes halogenated alkanes) is 10. The summed E-state index contributed by atoms with van der Waals surface area (Å²) in [7, 11) is -1.93. The smallest absolute Gasteiger partial charge is 0.413 e. The van der Waals surface area contributed by atoms with E-state index < -0.39 is 20.5 Å². The summed E-state index contributed by atoms with van der Waals surface area (Å²) in [5, 5.41) is 17.0. The Balaban J connectivity index is 0.000000398. The second kappa shape index (κ2) is 40.8. The zero-order valence-corrected chi connectivity index (χ0v) is 53.2. The van der Waals surface area contributed by atoms with E-state index in [1.807, 2.05) is 30.3 Å². The fraction of sp³-hybridized carbons (Fsp3) is 0.600. The van der Waals surface area contributed by atoms with Crippen molar-refractivity contribution in [2.75, 3.05) is 59.8 Å². The third-order valence-corrected chi connectivity index (χ3v) is 19.2. The Kier molecular flexibility index (Phi) is 36.6. The van der Waals surface area contributed by atoms with E-state index in [0.29, 0.717) is 50.3 Å². The summed E-state index contributed by atoms with van der Waals surface area (Å²) in [5.74, 6) is 4.51. The first-order valence-electron chi connectivity index (χ1n) is 28.7. The number of ether oxygens (including phenoxy) is 3. The number of hydrogen-bond acceptors (Lipinski definition) is 12. The zero-order chi connectivity index (χ0) is 59.4. The Bertz CT molecular complexity index is 2250. The van der Waals surface area contributed by atoms with Gasteiger partial charge in [-0.2, -0.15) is 5.96 Å². The van der Waals surface area contributed by atoms with E-state index in [4.69, 9.17) is 69.5 Å². The minimum absolute atomic E-state index is 0.0344. The quantitative estimate of drug-likeness (QED) is 0.0422. The summed E-state index contributed by atoms with van der Waals surface area (Å²) >= 11 is 24.5. The van der Waals surface area contributed by atoms with E-state index in [0.717, 1.165) is 63.6 Å². The maximum Gasteiger partial charge on any atom is 0.413 e. The number of nitrogens with one attached hydrogen (secondary N) is 2. The Labute approximate surface area is 499 Å². The highest BCUT2D eigenvalue weighted by atomic mass is 35.5. The molecule has 20 heteroatoms. The Morgan fingerprint density at radius 3 is 1.32 bits per heavy atom. The van der Waals surface area contributed by atoms with Gasteiger partial charge in [-0.05, 0) is 91.6 Å². The van der Waals surface area contributed by atoms with Crippen molar-refractivity contribution in [3.8, 4) is 11.5 Å². The lowest BCUT2D eigenvalue weighted by molar-refractivity contribution is 0.0942. The van der Waals surface area contributed by atoms with E-state index in [1.165, 1.54) is 108 Å². The van der Waals surface area contributed by atoms with Gasteiger partial charge in [-0.3, -0.25) is 10.6 Å². The van der Waals surface area contributed by atoms with E-state index in [2.05, 4.69) is 97.9 Å². The van der Waals surface area contributed by atoms with Crippen LogP contribution in [0, 0.1) is 0 Å². The number of nitrogens with two attached hydrogens (primary N) is 1. The van der Waals surface area contributed by atoms with Gasteiger partial charge < -0.3 is 33.5 Å². The molecule has 0 atom stereocenters. The highest BCUT2D eigenvalue weighted by Crippen LogP contribution is 2.38. The van der Waals surface area contributed by atoms with Crippen LogP contribution in [-0.2, 0) is 14.2 Å². The van der Waals surface area contributed by atoms with Crippen LogP contribution in [0.25, 0.3) is 0 Å². The monoisotopic (exact) mass is 1210 g/mol. The third kappa shape index (κ3) is 29.6. The summed E-state index contributed by atoms with van der Waals surface area (Å²) in [6, 6.07) is 17.4. The van der Waals surface area contributed by atoms with Gasteiger partial charge in [0.25, 0.3) is 8.32 Å². The molecule has 14 nitrogen and oxygen atoms in total. The molecule has 5 N–H and O–H groups in total. The lowest BCUT2D eigenvalue weighted by Crippen LogP contribution is -2.43. The van der Waals surface area contributed by atoms with E-state index >= 15 is 0 Å². The summed E-state index contributed by atoms with van der Waals surface area (Å²) < 4.78 is 31.2. The molecule has 3 aliphatic rings. The van der Waals surface area contributed by atoms with Gasteiger partial charge in [0.2, 0.25) is 0 Å². The normalized spacial score (nSPS) is 14.4. The second-order valence-corrected chi connectivity index (χ2v) is 27.8. The highest BCUT2D eigenvalue weighted by molar-refractivity contribution is 6.74. The number of aromatic nitrogens is 2. The number of benzene rings is 2. The van der Waals surface area contributed by atoms with Gasteiger partial charge >= 0.3 is 12.2 Å². The van der Waals surface area contributed by atoms with E-state index in [9.17, 15) is 14.7 Å². The molecule has 450 valence electrons. The van der Waals surface area contributed by atoms with Crippen LogP contribution in [0.4, 0.5) is 37.1 Å². The summed E-state index contributed by atoms with van der Waals surface area (Å²) in [6.45, 7) is 24.9. The van der Waals surface area contributed by atoms with Crippen LogP contribution >= 0.6 is 46.4 Å². The number of pyridine rings is 2. The first-order chi connectivity index (χ1) is 38.3. The average Bonchev–Trinajstić information content (AvgIpc) is 4.07. The van der Waals surface area contributed by atoms with Crippen LogP contribution in [-0.4, -0.2) is 87.2 Å². The standard InChI is InChI=1S/C23H31Cl2N3O3Si.C17H17Cl2N3O3.2C8H18.C4H8O.FH2N/c1-23(2,3)32(4,5)31-18-7-9-21(26-15-18)27-22(29)30-17-10-12-28(13-11-17)20-8-6-16(24)14-19(20)25;18-11-1-3-15(14(19)9-11)22-7-5-13(6-8-22)25-17(24)21-16-4-2-12(23)10-20-16;2*1-3-5-7-8-6-4-2;1-2-4-5-3-1;1-2/h6-9,14-15,17H,10-13H2,1-5H3,(H,26,27,29);1-4,9-10,13,23H,5-8H2,(H,20,21,24);2*3-8H2,1-2H3;1-4H2;2H2. The Morgan fingerprint density at radius 2 is 1.02 bits per heavy atom. The molecule has 2 amide bonds. The first kappa shape index (κ1) is 71.8. The van der Waals surface area contributed by atoms with Crippen LogP contribution in [0.1, 0.15) is 164 Å². The molecule has 0 bridgehead atoms. The predicted octanol–water partition coefficient (Wildman–Crippen LogP) is 18.7. The molecule has 80 heavy (non-hydrogen) atoms. The second-order valence-electron chi connectivity index (χ2n) is 21.4. The average molecular weight is 1210 g/mol. The molecule has 0 aliphatic carbocycles. The molecule has 3 saturated heterocycles. The van der Waals surface area contributed by atoms with Gasteiger partial charge in [0.05, 0.1) is 33.8 Å². The minimum atomic E-state index is -1.93. The summed E-state index contributed by atoms with van der Waals surface area (Å²) in [6.07, 6.45) is 23.9. The first-order valence-corrected chi connectivity index (χ1v) is 33.2. The van der Waals surface area contributed by atoms with Gasteiger partial charge in [0.15, 0.2) is 0 Å². The van der Waals surface area contributed by atoms with Crippen molar-refractivity contribution in [3.05, 3.63) is 93.1 Å². The zero-order valence-electron chi connectivity index (χ0n) is 49.2. The molecule has 0 saturated carbocycles. The number of halogens is 5. The van der Waals surface area contributed by atoms with Crippen molar-refractivity contribution in [2.24, 2.45) is 5.96 Å². The number of amides is 2. The number of piperidine rings is 2. The van der Waals surface area contributed by atoms with Crippen molar-refractivity contribution in [3.63, 3.8) is 0 Å². The molecule has 7 rings (SSSR count). The maximum atomic E-state index is 12.3. The molecule has 2 aromatic heterocycles. The van der Waals surface area contributed by atoms with Crippen LogP contribution in [0.3, 0.4) is 0 Å². The molecule has 3 aliphatic heterocycles. The Hall–Kier alpha value is -4.29. The number of anilines is 4. The topological polar surface area (TPSA) is 174 Å². The van der Waals surface area contributed by atoms with Crippen LogP contribution in [0.15, 0.2) is 73.1 Å². The van der Waals surface area contributed by atoms with Crippen molar-refractivity contribution >= 4 is 89.9 Å². The minimum Gasteiger partial charge on any atom is -0.542 e. The van der Waals surface area contributed by atoms with Crippen molar-refractivity contribution in [2.45, 2.75) is 194 Å². The van der Waals surface area contributed by atoms with Gasteiger partial charge in [-0.1, -0.05) is 172 Å². The van der Waals surface area contributed by atoms with Crippen LogP contribution in [0.2, 0.25) is 38.2 Å². The fourth-order valence-corrected chi connectivity index (χ4v) is 10.2. The van der Waals surface area contributed by atoms with Crippen molar-refractivity contribution in [1.82, 2.24) is 9.97 Å². The van der Waals surface area contributed by atoms with E-state index in [1.54, 1.807) is 24.4 Å². The molecule has 2 aromatic carbocycles. The van der Waals surface area contributed by atoms with Gasteiger partial charge in [-0.15, -0.1) is 4.48 Å². The summed E-state index contributed by atoms with van der Waals surface area (Å²) in [4.78, 5) is 36.8. The number of nitrogens with zero attached hydrogens (tertiary/aromatic N) is 4. The number of rotatable bonds is 18. The number of carbonyl (C=O) groups excluding carboxylic acids is 2. The molecule has 0 unspecified atom stereocenters. The largest absolute Gasteiger partial charge is 0.542 e. The fourth-order valence-electron chi connectivity index (χ4n) is 8.12. The summed E-state index contributed by atoms with van der Waals surface area (Å²) in [5.41, 5.74) is 1.88. The van der Waals surface area contributed by atoms with Gasteiger partial charge in [0, 0.05) is 75.1 Å². The predicted molar refractivity (Wildman–Crippen MR) is 335 cm³/mol. The maximum absolute atomic E-state index is 12.3. The lowest BCUT2D eigenvalue weighted by atomic mass is 10.1. The van der Waals surface area contributed by atoms with Gasteiger partial charge in [-0.25, -0.2) is 19.6 Å². The van der Waals surface area contributed by atoms with E-state index in [-0.39, 0.29) is 23.0 Å². The van der Waals surface area contributed by atoms with Gasteiger partial charge in [0.1, 0.15) is 35.3 Å². The highest BCUT2D eigenvalue weighted by Gasteiger charge is 2.39. The van der Waals surface area contributed by atoms with Crippen LogP contribution in [0.5, 0.6) is 11.5 Å². The SMILES string of the molecule is C1CCOC1.CC(C)(C)[Si](C)(C)Oc1ccc(NC(=O)OC2CCN(c3ccc(Cl)cc3Cl)CC2)nc1.CCCCCCCC.CCCCCCCC.NF.O=C(Nc1ccc(O)cn1)OC1CCN(c2ccc(Cl)cc2Cl)CC1. The number of hydrogen-bond donors (Lipinski definition) is 4. The third-order valence-electron chi connectivity index (χ3n) is 13.8. The molecule has 5 heterocycles. The van der Waals surface area contributed by atoms with Crippen LogP contribution < -0.4 is 30.8 Å².